The monoisotopic (exact) mass is 374 g/mol. The Labute approximate surface area is 158 Å². The largest absolute Gasteiger partial charge is 0.494 e. The summed E-state index contributed by atoms with van der Waals surface area (Å²) in [6, 6.07) is 7.80. The summed E-state index contributed by atoms with van der Waals surface area (Å²) < 4.78 is 17.1. The lowest BCUT2D eigenvalue weighted by atomic mass is 9.79. The summed E-state index contributed by atoms with van der Waals surface area (Å²) >= 11 is 1.35. The molecule has 0 atom stereocenters. The number of hydrogen-bond donors (Lipinski definition) is 1. The predicted octanol–water partition coefficient (Wildman–Crippen LogP) is 3.36. The van der Waals surface area contributed by atoms with Crippen LogP contribution < -0.4 is 10.8 Å². The quantitative estimate of drug-likeness (QED) is 0.639. The first-order valence-electron chi connectivity index (χ1n) is 8.57. The average molecular weight is 374 g/mol. The highest BCUT2D eigenvalue weighted by molar-refractivity contribution is 7.14. The Balaban J connectivity index is 1.74. The molecule has 2 aromatic rings. The zero-order chi connectivity index (χ0) is 18.9. The Hall–Kier alpha value is -1.90. The third-order valence-corrected chi connectivity index (χ3v) is 5.41. The smallest absolute Gasteiger partial charge is 0.461 e. The number of aromatic nitrogens is 1. The van der Waals surface area contributed by atoms with Crippen LogP contribution in [0.5, 0.6) is 0 Å². The van der Waals surface area contributed by atoms with Crippen LogP contribution in [0.2, 0.25) is 0 Å². The van der Waals surface area contributed by atoms with Crippen LogP contribution in [0.15, 0.2) is 29.6 Å². The Bertz CT molecular complexity index is 790. The normalized spacial score (nSPS) is 18.0. The van der Waals surface area contributed by atoms with Crippen LogP contribution >= 0.6 is 11.3 Å². The fourth-order valence-corrected chi connectivity index (χ4v) is 3.20. The Kier molecular flexibility index (Phi) is 5.10. The van der Waals surface area contributed by atoms with Crippen LogP contribution in [0.3, 0.4) is 0 Å². The molecule has 0 saturated carbocycles. The van der Waals surface area contributed by atoms with E-state index in [1.165, 1.54) is 11.3 Å². The molecule has 0 spiro atoms. The molecule has 1 aromatic carbocycles. The van der Waals surface area contributed by atoms with E-state index in [1.54, 1.807) is 12.3 Å². The molecule has 0 aliphatic carbocycles. The van der Waals surface area contributed by atoms with Crippen LogP contribution in [-0.4, -0.2) is 35.9 Å². The molecule has 1 aliphatic heterocycles. The molecular formula is C18H23BN2O4S. The van der Waals surface area contributed by atoms with Gasteiger partial charge in [-0.1, -0.05) is 12.1 Å². The summed E-state index contributed by atoms with van der Waals surface area (Å²) in [6.07, 6.45) is 0. The zero-order valence-electron chi connectivity index (χ0n) is 15.7. The molecule has 8 heteroatoms. The number of nitrogens with zero attached hydrogens (tertiary/aromatic N) is 1. The van der Waals surface area contributed by atoms with Crippen molar-refractivity contribution in [3.63, 3.8) is 0 Å². The van der Waals surface area contributed by atoms with E-state index >= 15 is 0 Å². The minimum absolute atomic E-state index is 0.307. The zero-order valence-corrected chi connectivity index (χ0v) is 16.5. The Morgan fingerprint density at radius 1 is 1.27 bits per heavy atom. The van der Waals surface area contributed by atoms with E-state index in [-0.39, 0.29) is 11.2 Å². The second kappa shape index (κ2) is 7.02. The molecule has 138 valence electrons. The van der Waals surface area contributed by atoms with Gasteiger partial charge in [0.25, 0.3) is 0 Å². The number of thiazole rings is 1. The lowest BCUT2D eigenvalue weighted by Crippen LogP contribution is -2.41. The highest BCUT2D eigenvalue weighted by Crippen LogP contribution is 2.36. The minimum Gasteiger partial charge on any atom is -0.461 e. The molecule has 1 saturated heterocycles. The van der Waals surface area contributed by atoms with Gasteiger partial charge in [0.1, 0.15) is 0 Å². The highest BCUT2D eigenvalue weighted by Gasteiger charge is 2.51. The number of rotatable bonds is 5. The first kappa shape index (κ1) is 18.9. The van der Waals surface area contributed by atoms with Crippen LogP contribution in [0, 0.1) is 0 Å². The fraction of sp³-hybridized carbons (Fsp3) is 0.444. The van der Waals surface area contributed by atoms with Crippen molar-refractivity contribution in [1.82, 2.24) is 4.98 Å². The third-order valence-electron chi connectivity index (χ3n) is 4.65. The van der Waals surface area contributed by atoms with Gasteiger partial charge in [-0.25, -0.2) is 9.78 Å². The van der Waals surface area contributed by atoms with Crippen molar-refractivity contribution < 1.29 is 18.8 Å². The van der Waals surface area contributed by atoms with Crippen molar-refractivity contribution in [2.45, 2.75) is 45.8 Å². The van der Waals surface area contributed by atoms with Crippen LogP contribution in [0.25, 0.3) is 0 Å². The Morgan fingerprint density at radius 2 is 1.96 bits per heavy atom. The molecule has 1 aromatic heterocycles. The van der Waals surface area contributed by atoms with Gasteiger partial charge in [0.15, 0.2) is 10.8 Å². The summed E-state index contributed by atoms with van der Waals surface area (Å²) in [5.74, 6) is -0.414. The van der Waals surface area contributed by atoms with Gasteiger partial charge in [-0.2, -0.15) is 0 Å². The van der Waals surface area contributed by atoms with Gasteiger partial charge < -0.3 is 19.4 Å². The number of ether oxygens (including phenoxy) is 1. The summed E-state index contributed by atoms with van der Waals surface area (Å²) in [5, 5.41) is 5.52. The van der Waals surface area contributed by atoms with Gasteiger partial charge >= 0.3 is 13.1 Å². The van der Waals surface area contributed by atoms with Crippen molar-refractivity contribution in [1.29, 1.82) is 0 Å². The molecule has 6 nitrogen and oxygen atoms in total. The SMILES string of the molecule is CCOC(=O)c1csc(Nc2cccc(B3OC(C)(C)C(C)(C)O3)c2)n1. The number of carbonyl (C=O) groups is 1. The fourth-order valence-electron chi connectivity index (χ4n) is 2.50. The average Bonchev–Trinajstić information content (AvgIpc) is 3.10. The first-order chi connectivity index (χ1) is 12.2. The van der Waals surface area contributed by atoms with Gasteiger partial charge in [0.2, 0.25) is 0 Å². The molecule has 0 amide bonds. The van der Waals surface area contributed by atoms with Crippen molar-refractivity contribution in [2.24, 2.45) is 0 Å². The van der Waals surface area contributed by atoms with Crippen LogP contribution in [0.1, 0.15) is 45.1 Å². The molecule has 2 heterocycles. The lowest BCUT2D eigenvalue weighted by molar-refractivity contribution is 0.00578. The van der Waals surface area contributed by atoms with Crippen molar-refractivity contribution in [3.05, 3.63) is 35.3 Å². The molecule has 0 unspecified atom stereocenters. The maximum Gasteiger partial charge on any atom is 0.494 e. The van der Waals surface area contributed by atoms with E-state index in [9.17, 15) is 4.79 Å². The van der Waals surface area contributed by atoms with Crippen molar-refractivity contribution >= 4 is 40.7 Å². The second-order valence-electron chi connectivity index (χ2n) is 7.10. The van der Waals surface area contributed by atoms with E-state index in [1.807, 2.05) is 52.0 Å². The number of benzene rings is 1. The number of hydrogen-bond acceptors (Lipinski definition) is 7. The van der Waals surface area contributed by atoms with E-state index in [0.29, 0.717) is 17.4 Å². The summed E-state index contributed by atoms with van der Waals surface area (Å²) in [7, 11) is -0.423. The third kappa shape index (κ3) is 3.77. The first-order valence-corrected chi connectivity index (χ1v) is 9.45. The summed E-state index contributed by atoms with van der Waals surface area (Å²) in [4.78, 5) is 16.0. The van der Waals surface area contributed by atoms with E-state index in [2.05, 4.69) is 10.3 Å². The summed E-state index contributed by atoms with van der Waals surface area (Å²) in [6.45, 7) is 10.2. The van der Waals surface area contributed by atoms with Crippen molar-refractivity contribution in [3.8, 4) is 0 Å². The summed E-state index contributed by atoms with van der Waals surface area (Å²) in [5.41, 5.74) is 1.31. The standard InChI is InChI=1S/C18H23BN2O4S/c1-6-23-15(22)14-11-26-16(21-14)20-13-9-7-8-12(10-13)19-24-17(2,3)18(4,5)25-19/h7-11H,6H2,1-5H3,(H,20,21). The number of anilines is 2. The lowest BCUT2D eigenvalue weighted by Gasteiger charge is -2.32. The molecule has 0 bridgehead atoms. The molecule has 1 aliphatic rings. The topological polar surface area (TPSA) is 69.7 Å². The van der Waals surface area contributed by atoms with Crippen molar-refractivity contribution in [2.75, 3.05) is 11.9 Å². The van der Waals surface area contributed by atoms with Gasteiger partial charge in [-0.05, 0) is 52.2 Å². The minimum atomic E-state index is -0.423. The number of esters is 1. The highest BCUT2D eigenvalue weighted by atomic mass is 32.1. The molecule has 1 fully saturated rings. The number of carbonyl (C=O) groups excluding carboxylic acids is 1. The molecule has 1 N–H and O–H groups in total. The number of nitrogens with one attached hydrogen (secondary N) is 1. The Morgan fingerprint density at radius 3 is 2.62 bits per heavy atom. The van der Waals surface area contributed by atoms with Crippen LogP contribution in [0.4, 0.5) is 10.8 Å². The van der Waals surface area contributed by atoms with E-state index < -0.39 is 13.1 Å². The maximum absolute atomic E-state index is 11.7. The second-order valence-corrected chi connectivity index (χ2v) is 7.96. The van der Waals surface area contributed by atoms with Gasteiger partial charge in [-0.15, -0.1) is 11.3 Å². The molecule has 26 heavy (non-hydrogen) atoms. The predicted molar refractivity (Wildman–Crippen MR) is 104 cm³/mol. The molecule has 3 rings (SSSR count). The molecular weight excluding hydrogens is 351 g/mol. The molecule has 0 radical (unpaired) electrons. The van der Waals surface area contributed by atoms with Gasteiger partial charge in [0, 0.05) is 11.1 Å². The van der Waals surface area contributed by atoms with E-state index in [4.69, 9.17) is 14.0 Å². The maximum atomic E-state index is 11.7. The van der Waals surface area contributed by atoms with Gasteiger partial charge in [0.05, 0.1) is 17.8 Å². The van der Waals surface area contributed by atoms with Gasteiger partial charge in [-0.3, -0.25) is 0 Å². The van der Waals surface area contributed by atoms with E-state index in [0.717, 1.165) is 11.2 Å². The van der Waals surface area contributed by atoms with Crippen LogP contribution in [-0.2, 0) is 14.0 Å².